The first-order valence-corrected chi connectivity index (χ1v) is 5.25. The molecule has 1 rings (SSSR count). The predicted octanol–water partition coefficient (Wildman–Crippen LogP) is 2.92. The summed E-state index contributed by atoms with van der Waals surface area (Å²) in [6, 6.07) is 7.92. The Balaban J connectivity index is 3.08. The summed E-state index contributed by atoms with van der Waals surface area (Å²) in [5.41, 5.74) is -1.93. The molecule has 0 radical (unpaired) electrons. The maximum Gasteiger partial charge on any atom is 0.289 e. The highest BCUT2D eigenvalue weighted by atomic mass is 79.9. The summed E-state index contributed by atoms with van der Waals surface area (Å²) < 4.78 is 26.6. The first-order valence-electron chi connectivity index (χ1n) is 4.13. The molecule has 1 atom stereocenters. The molecular weight excluding hydrogens is 254 g/mol. The molecule has 0 aromatic heterocycles. The van der Waals surface area contributed by atoms with Gasteiger partial charge in [-0.2, -0.15) is 0 Å². The fraction of sp³-hybridized carbons (Fsp3) is 0.400. The molecule has 0 aliphatic heterocycles. The van der Waals surface area contributed by atoms with Gasteiger partial charge in [0.05, 0.1) is 5.33 Å². The van der Waals surface area contributed by atoms with E-state index in [1.54, 1.807) is 18.2 Å². The van der Waals surface area contributed by atoms with Crippen molar-refractivity contribution >= 4 is 15.9 Å². The number of hydrogen-bond acceptors (Lipinski definition) is 1. The Kier molecular flexibility index (Phi) is 3.27. The third-order valence-corrected chi connectivity index (χ3v) is 2.92. The van der Waals surface area contributed by atoms with Crippen LogP contribution in [0.4, 0.5) is 8.78 Å². The highest BCUT2D eigenvalue weighted by Crippen LogP contribution is 2.38. The van der Waals surface area contributed by atoms with Crippen LogP contribution in [0.25, 0.3) is 0 Å². The smallest absolute Gasteiger partial charge is 0.289 e. The Morgan fingerprint density at radius 1 is 1.29 bits per heavy atom. The third-order valence-electron chi connectivity index (χ3n) is 2.22. The van der Waals surface area contributed by atoms with Gasteiger partial charge in [-0.05, 0) is 12.5 Å². The maximum atomic E-state index is 13.3. The van der Waals surface area contributed by atoms with Crippen LogP contribution in [0.5, 0.6) is 0 Å². The molecule has 0 saturated carbocycles. The van der Waals surface area contributed by atoms with E-state index in [0.717, 1.165) is 6.92 Å². The average molecular weight is 265 g/mol. The lowest BCUT2D eigenvalue weighted by atomic mass is 9.90. The summed E-state index contributed by atoms with van der Waals surface area (Å²) in [4.78, 5) is 0. The van der Waals surface area contributed by atoms with Crippen LogP contribution in [-0.2, 0) is 5.60 Å². The van der Waals surface area contributed by atoms with E-state index < -0.39 is 16.9 Å². The molecule has 0 heterocycles. The number of rotatable bonds is 3. The van der Waals surface area contributed by atoms with Gasteiger partial charge in [-0.1, -0.05) is 46.3 Å². The van der Waals surface area contributed by atoms with Crippen LogP contribution in [0.3, 0.4) is 0 Å². The lowest BCUT2D eigenvalue weighted by molar-refractivity contribution is -0.160. The zero-order chi connectivity index (χ0) is 10.8. The molecule has 0 fully saturated rings. The molecule has 0 amide bonds. The summed E-state index contributed by atoms with van der Waals surface area (Å²) in [5.74, 6) is -3.19. The Morgan fingerprint density at radius 2 is 1.79 bits per heavy atom. The fourth-order valence-corrected chi connectivity index (χ4v) is 1.65. The highest BCUT2D eigenvalue weighted by Gasteiger charge is 2.49. The van der Waals surface area contributed by atoms with Crippen LogP contribution in [0.1, 0.15) is 12.5 Å². The minimum absolute atomic E-state index is 0.212. The summed E-state index contributed by atoms with van der Waals surface area (Å²) >= 11 is 2.69. The minimum Gasteiger partial charge on any atom is -0.379 e. The highest BCUT2D eigenvalue weighted by molar-refractivity contribution is 9.09. The molecule has 1 aromatic rings. The quantitative estimate of drug-likeness (QED) is 0.833. The van der Waals surface area contributed by atoms with Gasteiger partial charge >= 0.3 is 0 Å². The second-order valence-corrected chi connectivity index (χ2v) is 3.84. The SMILES string of the molecule is CC(O)(c1ccccc1)C(F)(F)CBr. The number of hydrogen-bond donors (Lipinski definition) is 1. The van der Waals surface area contributed by atoms with Crippen molar-refractivity contribution in [2.75, 3.05) is 5.33 Å². The molecule has 0 saturated heterocycles. The molecule has 1 unspecified atom stereocenters. The van der Waals surface area contributed by atoms with Crippen molar-refractivity contribution in [3.63, 3.8) is 0 Å². The van der Waals surface area contributed by atoms with Crippen molar-refractivity contribution < 1.29 is 13.9 Å². The summed E-state index contributed by atoms with van der Waals surface area (Å²) in [5, 5.41) is 9.17. The standard InChI is InChI=1S/C10H11BrF2O/c1-9(14,10(12,13)7-11)8-5-3-2-4-6-8/h2-6,14H,7H2,1H3. The van der Waals surface area contributed by atoms with Gasteiger partial charge in [0, 0.05) is 0 Å². The van der Waals surface area contributed by atoms with Crippen molar-refractivity contribution in [3.05, 3.63) is 35.9 Å². The van der Waals surface area contributed by atoms with Gasteiger partial charge < -0.3 is 5.11 Å². The fourth-order valence-electron chi connectivity index (χ4n) is 1.10. The van der Waals surface area contributed by atoms with Crippen molar-refractivity contribution in [1.29, 1.82) is 0 Å². The van der Waals surface area contributed by atoms with Gasteiger partial charge in [-0.3, -0.25) is 0 Å². The van der Waals surface area contributed by atoms with Gasteiger partial charge in [0.1, 0.15) is 0 Å². The maximum absolute atomic E-state index is 13.3. The molecule has 1 aromatic carbocycles. The number of aliphatic hydroxyl groups is 1. The molecule has 14 heavy (non-hydrogen) atoms. The summed E-state index contributed by atoms with van der Waals surface area (Å²) in [6.07, 6.45) is 0. The molecule has 0 spiro atoms. The first kappa shape index (κ1) is 11.6. The summed E-state index contributed by atoms with van der Waals surface area (Å²) in [6.45, 7) is 1.11. The van der Waals surface area contributed by atoms with Gasteiger partial charge in [-0.15, -0.1) is 0 Å². The molecule has 0 aliphatic carbocycles. The Hall–Kier alpha value is -0.480. The lowest BCUT2D eigenvalue weighted by Gasteiger charge is -2.31. The molecule has 0 bridgehead atoms. The van der Waals surface area contributed by atoms with Crippen molar-refractivity contribution in [1.82, 2.24) is 0 Å². The van der Waals surface area contributed by atoms with Crippen LogP contribution in [0, 0.1) is 0 Å². The van der Waals surface area contributed by atoms with E-state index in [9.17, 15) is 13.9 Å². The van der Waals surface area contributed by atoms with E-state index in [0.29, 0.717) is 0 Å². The molecular formula is C10H11BrF2O. The van der Waals surface area contributed by atoms with Crippen LogP contribution in [0.15, 0.2) is 30.3 Å². The molecule has 4 heteroatoms. The second-order valence-electron chi connectivity index (χ2n) is 3.28. The zero-order valence-corrected chi connectivity index (χ0v) is 9.26. The van der Waals surface area contributed by atoms with Crippen LogP contribution >= 0.6 is 15.9 Å². The minimum atomic E-state index is -3.19. The van der Waals surface area contributed by atoms with E-state index in [1.807, 2.05) is 0 Å². The summed E-state index contributed by atoms with van der Waals surface area (Å²) in [7, 11) is 0. The van der Waals surface area contributed by atoms with Crippen molar-refractivity contribution in [2.24, 2.45) is 0 Å². The number of alkyl halides is 3. The first-order chi connectivity index (χ1) is 6.42. The monoisotopic (exact) mass is 264 g/mol. The number of benzene rings is 1. The molecule has 78 valence electrons. The molecule has 1 N–H and O–H groups in total. The van der Waals surface area contributed by atoms with Gasteiger partial charge in [0.2, 0.25) is 0 Å². The molecule has 0 aliphatic rings. The topological polar surface area (TPSA) is 20.2 Å². The van der Waals surface area contributed by atoms with E-state index in [4.69, 9.17) is 0 Å². The second kappa shape index (κ2) is 3.95. The largest absolute Gasteiger partial charge is 0.379 e. The Labute approximate surface area is 89.9 Å². The predicted molar refractivity (Wildman–Crippen MR) is 54.8 cm³/mol. The number of halogens is 3. The van der Waals surface area contributed by atoms with Crippen molar-refractivity contribution in [2.45, 2.75) is 18.4 Å². The van der Waals surface area contributed by atoms with Gasteiger partial charge in [0.15, 0.2) is 5.60 Å². The molecule has 1 nitrogen and oxygen atoms in total. The lowest BCUT2D eigenvalue weighted by Crippen LogP contribution is -2.44. The van der Waals surface area contributed by atoms with E-state index >= 15 is 0 Å². The van der Waals surface area contributed by atoms with Crippen LogP contribution in [0.2, 0.25) is 0 Å². The average Bonchev–Trinajstić information content (AvgIpc) is 2.19. The van der Waals surface area contributed by atoms with Crippen molar-refractivity contribution in [3.8, 4) is 0 Å². The van der Waals surface area contributed by atoms with Gasteiger partial charge in [-0.25, -0.2) is 8.78 Å². The zero-order valence-electron chi connectivity index (χ0n) is 7.67. The van der Waals surface area contributed by atoms with E-state index in [1.165, 1.54) is 12.1 Å². The normalized spacial score (nSPS) is 16.4. The van der Waals surface area contributed by atoms with E-state index in [-0.39, 0.29) is 5.56 Å². The Morgan fingerprint density at radius 3 is 2.21 bits per heavy atom. The van der Waals surface area contributed by atoms with E-state index in [2.05, 4.69) is 15.9 Å². The third kappa shape index (κ3) is 1.96. The van der Waals surface area contributed by atoms with Crippen LogP contribution in [-0.4, -0.2) is 16.4 Å². The Bertz CT molecular complexity index is 298. The van der Waals surface area contributed by atoms with Crippen LogP contribution < -0.4 is 0 Å². The van der Waals surface area contributed by atoms with Gasteiger partial charge in [0.25, 0.3) is 5.92 Å².